The zero-order valence-electron chi connectivity index (χ0n) is 11.4. The van der Waals surface area contributed by atoms with Crippen molar-refractivity contribution in [3.63, 3.8) is 0 Å². The maximum Gasteiger partial charge on any atom is 0.234 e. The summed E-state index contributed by atoms with van der Waals surface area (Å²) in [6.45, 7) is 6.45. The minimum absolute atomic E-state index is 0.0126. The number of halogens is 1. The Morgan fingerprint density at radius 1 is 1.33 bits per heavy atom. The summed E-state index contributed by atoms with van der Waals surface area (Å²) in [4.78, 5) is 13.9. The molecule has 0 saturated carbocycles. The monoisotopic (exact) mass is 268 g/mol. The van der Waals surface area contributed by atoms with Crippen LogP contribution in [0, 0.1) is 0 Å². The molecular formula is C14H21ClN2O. The molecule has 0 aliphatic carbocycles. The normalized spacial score (nSPS) is 12.8. The SMILES string of the molecule is CC(NC(=O)CN(C)C(C)C)c1ccccc1Cl. The number of amides is 1. The molecule has 0 saturated heterocycles. The number of likely N-dealkylation sites (N-methyl/N-ethyl adjacent to an activating group) is 1. The number of rotatable bonds is 5. The average Bonchev–Trinajstić information content (AvgIpc) is 2.28. The van der Waals surface area contributed by atoms with Crippen LogP contribution in [-0.2, 0) is 4.79 Å². The summed E-state index contributed by atoms with van der Waals surface area (Å²) in [5.74, 6) is 0.0126. The summed E-state index contributed by atoms with van der Waals surface area (Å²) in [5.41, 5.74) is 0.944. The molecule has 1 aromatic carbocycles. The van der Waals surface area contributed by atoms with E-state index >= 15 is 0 Å². The first-order chi connectivity index (χ1) is 8.41. The van der Waals surface area contributed by atoms with Crippen molar-refractivity contribution < 1.29 is 4.79 Å². The third-order valence-electron chi connectivity index (χ3n) is 3.02. The van der Waals surface area contributed by atoms with Gasteiger partial charge in [0.1, 0.15) is 0 Å². The Bertz CT molecular complexity index is 407. The number of nitrogens with zero attached hydrogens (tertiary/aromatic N) is 1. The van der Waals surface area contributed by atoms with Crippen LogP contribution in [0.1, 0.15) is 32.4 Å². The lowest BCUT2D eigenvalue weighted by molar-refractivity contribution is -0.122. The smallest absolute Gasteiger partial charge is 0.234 e. The Balaban J connectivity index is 2.58. The quantitative estimate of drug-likeness (QED) is 0.891. The first-order valence-electron chi connectivity index (χ1n) is 6.16. The highest BCUT2D eigenvalue weighted by atomic mass is 35.5. The Kier molecular flexibility index (Phi) is 5.63. The molecule has 0 spiro atoms. The minimum Gasteiger partial charge on any atom is -0.348 e. The lowest BCUT2D eigenvalue weighted by atomic mass is 10.1. The Labute approximate surface area is 114 Å². The van der Waals surface area contributed by atoms with Gasteiger partial charge in [-0.15, -0.1) is 0 Å². The fraction of sp³-hybridized carbons (Fsp3) is 0.500. The van der Waals surface area contributed by atoms with E-state index in [0.717, 1.165) is 5.56 Å². The van der Waals surface area contributed by atoms with Crippen LogP contribution in [0.15, 0.2) is 24.3 Å². The van der Waals surface area contributed by atoms with Crippen LogP contribution in [0.2, 0.25) is 5.02 Å². The lowest BCUT2D eigenvalue weighted by Crippen LogP contribution is -2.39. The van der Waals surface area contributed by atoms with Crippen LogP contribution < -0.4 is 5.32 Å². The first-order valence-corrected chi connectivity index (χ1v) is 6.53. The van der Waals surface area contributed by atoms with Crippen LogP contribution in [-0.4, -0.2) is 30.4 Å². The predicted molar refractivity (Wildman–Crippen MR) is 75.8 cm³/mol. The van der Waals surface area contributed by atoms with Gasteiger partial charge in [0.2, 0.25) is 5.91 Å². The molecule has 4 heteroatoms. The number of hydrogen-bond acceptors (Lipinski definition) is 2. The van der Waals surface area contributed by atoms with Gasteiger partial charge in [0.05, 0.1) is 12.6 Å². The standard InChI is InChI=1S/C14H21ClN2O/c1-10(2)17(4)9-14(18)16-11(3)12-7-5-6-8-13(12)15/h5-8,10-11H,9H2,1-4H3,(H,16,18). The fourth-order valence-corrected chi connectivity index (χ4v) is 1.90. The molecule has 3 nitrogen and oxygen atoms in total. The number of carbonyl (C=O) groups excluding carboxylic acids is 1. The maximum absolute atomic E-state index is 11.9. The second-order valence-corrected chi connectivity index (χ2v) is 5.23. The summed E-state index contributed by atoms with van der Waals surface area (Å²) < 4.78 is 0. The molecule has 0 bridgehead atoms. The van der Waals surface area contributed by atoms with Gasteiger partial charge in [-0.1, -0.05) is 29.8 Å². The molecule has 1 N–H and O–H groups in total. The molecule has 1 amide bonds. The first kappa shape index (κ1) is 15.0. The molecule has 1 atom stereocenters. The van der Waals surface area contributed by atoms with Crippen LogP contribution in [0.4, 0.5) is 0 Å². The van der Waals surface area contributed by atoms with Gasteiger partial charge < -0.3 is 5.32 Å². The summed E-state index contributed by atoms with van der Waals surface area (Å²) in [7, 11) is 1.93. The molecule has 0 heterocycles. The van der Waals surface area contributed by atoms with Crippen molar-refractivity contribution in [3.8, 4) is 0 Å². The summed E-state index contributed by atoms with van der Waals surface area (Å²) >= 11 is 6.10. The third kappa shape index (κ3) is 4.31. The number of benzene rings is 1. The number of nitrogens with one attached hydrogen (secondary N) is 1. The molecule has 0 aliphatic rings. The Morgan fingerprint density at radius 3 is 2.50 bits per heavy atom. The van der Waals surface area contributed by atoms with Gasteiger partial charge in [0, 0.05) is 11.1 Å². The molecule has 1 aromatic rings. The van der Waals surface area contributed by atoms with Gasteiger partial charge in [-0.3, -0.25) is 9.69 Å². The zero-order valence-corrected chi connectivity index (χ0v) is 12.2. The van der Waals surface area contributed by atoms with E-state index in [4.69, 9.17) is 11.6 Å². The van der Waals surface area contributed by atoms with Crippen molar-refractivity contribution in [1.29, 1.82) is 0 Å². The third-order valence-corrected chi connectivity index (χ3v) is 3.37. The van der Waals surface area contributed by atoms with E-state index < -0.39 is 0 Å². The van der Waals surface area contributed by atoms with Gasteiger partial charge in [0.15, 0.2) is 0 Å². The fourth-order valence-electron chi connectivity index (χ4n) is 1.60. The number of hydrogen-bond donors (Lipinski definition) is 1. The van der Waals surface area contributed by atoms with Gasteiger partial charge in [-0.2, -0.15) is 0 Å². The Hall–Kier alpha value is -1.06. The number of carbonyl (C=O) groups is 1. The van der Waals surface area contributed by atoms with Crippen LogP contribution in [0.3, 0.4) is 0 Å². The molecular weight excluding hydrogens is 248 g/mol. The van der Waals surface area contributed by atoms with E-state index in [1.807, 2.05) is 43.1 Å². The molecule has 0 fully saturated rings. The summed E-state index contributed by atoms with van der Waals surface area (Å²) in [6, 6.07) is 7.84. The second kappa shape index (κ2) is 6.76. The lowest BCUT2D eigenvalue weighted by Gasteiger charge is -2.22. The molecule has 1 unspecified atom stereocenters. The highest BCUT2D eigenvalue weighted by molar-refractivity contribution is 6.31. The predicted octanol–water partition coefficient (Wildman–Crippen LogP) is 2.86. The topological polar surface area (TPSA) is 32.3 Å². The van der Waals surface area contributed by atoms with E-state index in [9.17, 15) is 4.79 Å². The molecule has 1 rings (SSSR count). The highest BCUT2D eigenvalue weighted by Gasteiger charge is 2.14. The maximum atomic E-state index is 11.9. The van der Waals surface area contributed by atoms with Crippen molar-refractivity contribution >= 4 is 17.5 Å². The van der Waals surface area contributed by atoms with Crippen LogP contribution >= 0.6 is 11.6 Å². The molecule has 0 aromatic heterocycles. The largest absolute Gasteiger partial charge is 0.348 e. The summed E-state index contributed by atoms with van der Waals surface area (Å²) in [5, 5.41) is 3.64. The minimum atomic E-state index is -0.0771. The van der Waals surface area contributed by atoms with Crippen molar-refractivity contribution in [2.45, 2.75) is 32.9 Å². The van der Waals surface area contributed by atoms with Crippen LogP contribution in [0.5, 0.6) is 0 Å². The molecule has 100 valence electrons. The second-order valence-electron chi connectivity index (χ2n) is 4.82. The Morgan fingerprint density at radius 2 is 1.94 bits per heavy atom. The van der Waals surface area contributed by atoms with Crippen molar-refractivity contribution in [1.82, 2.24) is 10.2 Å². The van der Waals surface area contributed by atoms with E-state index in [2.05, 4.69) is 19.2 Å². The zero-order chi connectivity index (χ0) is 13.7. The average molecular weight is 269 g/mol. The van der Waals surface area contributed by atoms with Crippen molar-refractivity contribution in [2.75, 3.05) is 13.6 Å². The van der Waals surface area contributed by atoms with Gasteiger partial charge in [-0.05, 0) is 39.4 Å². The van der Waals surface area contributed by atoms with E-state index in [1.165, 1.54) is 0 Å². The molecule has 0 aliphatic heterocycles. The van der Waals surface area contributed by atoms with Gasteiger partial charge in [-0.25, -0.2) is 0 Å². The van der Waals surface area contributed by atoms with E-state index in [-0.39, 0.29) is 11.9 Å². The summed E-state index contributed by atoms with van der Waals surface area (Å²) in [6.07, 6.45) is 0. The van der Waals surface area contributed by atoms with E-state index in [1.54, 1.807) is 0 Å². The van der Waals surface area contributed by atoms with Crippen LogP contribution in [0.25, 0.3) is 0 Å². The molecule has 18 heavy (non-hydrogen) atoms. The van der Waals surface area contributed by atoms with Crippen molar-refractivity contribution in [3.05, 3.63) is 34.9 Å². The van der Waals surface area contributed by atoms with Gasteiger partial charge >= 0.3 is 0 Å². The van der Waals surface area contributed by atoms with Gasteiger partial charge in [0.25, 0.3) is 0 Å². The van der Waals surface area contributed by atoms with Crippen molar-refractivity contribution in [2.24, 2.45) is 0 Å². The van der Waals surface area contributed by atoms with E-state index in [0.29, 0.717) is 17.6 Å². The molecule has 0 radical (unpaired) electrons. The highest BCUT2D eigenvalue weighted by Crippen LogP contribution is 2.21.